The summed E-state index contributed by atoms with van der Waals surface area (Å²) in [7, 11) is 0. The van der Waals surface area contributed by atoms with Crippen LogP contribution in [0.25, 0.3) is 42.1 Å². The predicted molar refractivity (Wildman–Crippen MR) is 196 cm³/mol. The van der Waals surface area contributed by atoms with Crippen LogP contribution in [0.1, 0.15) is 0 Å². The minimum absolute atomic E-state index is 0.895. The molecule has 0 fully saturated rings. The number of hydrogen-bond acceptors (Lipinski definition) is 4. The molecule has 0 aliphatic rings. The van der Waals surface area contributed by atoms with E-state index in [2.05, 4.69) is 168 Å². The third-order valence-electron chi connectivity index (χ3n) is 8.62. The third-order valence-corrected chi connectivity index (χ3v) is 9.81. The summed E-state index contributed by atoms with van der Waals surface area (Å²) in [6.45, 7) is 0. The van der Waals surface area contributed by atoms with Crippen LogP contribution in [0.3, 0.4) is 0 Å². The van der Waals surface area contributed by atoms with E-state index in [9.17, 15) is 0 Å². The van der Waals surface area contributed by atoms with E-state index < -0.39 is 0 Å². The molecule has 4 heteroatoms. The molecule has 0 spiro atoms. The molecular weight excluding hydrogens is 581 g/mol. The molecule has 0 amide bonds. The highest BCUT2D eigenvalue weighted by molar-refractivity contribution is 7.26. The van der Waals surface area contributed by atoms with Gasteiger partial charge in [0.1, 0.15) is 11.2 Å². The molecule has 2 heterocycles. The van der Waals surface area contributed by atoms with Crippen LogP contribution in [-0.4, -0.2) is 0 Å². The van der Waals surface area contributed by atoms with Gasteiger partial charge in [0.05, 0.1) is 10.4 Å². The summed E-state index contributed by atoms with van der Waals surface area (Å²) >= 11 is 1.85. The molecule has 46 heavy (non-hydrogen) atoms. The third kappa shape index (κ3) is 4.42. The van der Waals surface area contributed by atoms with Gasteiger partial charge in [-0.25, -0.2) is 0 Å². The predicted octanol–water partition coefficient (Wildman–Crippen LogP) is 12.9. The van der Waals surface area contributed by atoms with E-state index in [0.717, 1.165) is 56.1 Å². The number of para-hydroxylation sites is 4. The number of anilines is 6. The quantitative estimate of drug-likeness (QED) is 0.187. The molecule has 0 atom stereocenters. The Morgan fingerprint density at radius 2 is 0.935 bits per heavy atom. The molecule has 0 saturated carbocycles. The van der Waals surface area contributed by atoms with Crippen molar-refractivity contribution in [2.24, 2.45) is 0 Å². The largest absolute Gasteiger partial charge is 0.456 e. The Kier molecular flexibility index (Phi) is 6.32. The average molecular weight is 609 g/mol. The maximum atomic E-state index is 6.18. The fourth-order valence-electron chi connectivity index (χ4n) is 6.55. The average Bonchev–Trinajstić information content (AvgIpc) is 3.68. The van der Waals surface area contributed by atoms with Crippen LogP contribution in [0.5, 0.6) is 0 Å². The number of furan rings is 1. The van der Waals surface area contributed by atoms with E-state index in [-0.39, 0.29) is 0 Å². The summed E-state index contributed by atoms with van der Waals surface area (Å²) in [6, 6.07) is 60.1. The van der Waals surface area contributed by atoms with Crippen molar-refractivity contribution in [2.45, 2.75) is 0 Å². The highest BCUT2D eigenvalue weighted by Gasteiger charge is 2.20. The van der Waals surface area contributed by atoms with Crippen LogP contribution in [-0.2, 0) is 0 Å². The van der Waals surface area contributed by atoms with Crippen LogP contribution < -0.4 is 9.80 Å². The zero-order valence-electron chi connectivity index (χ0n) is 24.9. The number of fused-ring (bicyclic) bond motifs is 6. The van der Waals surface area contributed by atoms with E-state index in [1.807, 2.05) is 23.5 Å². The highest BCUT2D eigenvalue weighted by atomic mass is 32.1. The van der Waals surface area contributed by atoms with Crippen LogP contribution in [0.15, 0.2) is 174 Å². The molecule has 9 aromatic rings. The van der Waals surface area contributed by atoms with Gasteiger partial charge in [-0.1, -0.05) is 91.0 Å². The second kappa shape index (κ2) is 11.0. The van der Waals surface area contributed by atoms with Gasteiger partial charge in [0.2, 0.25) is 0 Å². The van der Waals surface area contributed by atoms with Gasteiger partial charge in [-0.3, -0.25) is 0 Å². The summed E-state index contributed by atoms with van der Waals surface area (Å²) in [5, 5.41) is 4.76. The van der Waals surface area contributed by atoms with Gasteiger partial charge in [-0.05, 0) is 78.9 Å². The first kappa shape index (κ1) is 26.6. The van der Waals surface area contributed by atoms with Gasteiger partial charge < -0.3 is 14.2 Å². The molecule has 0 N–H and O–H groups in total. The van der Waals surface area contributed by atoms with Crippen molar-refractivity contribution in [3.8, 4) is 0 Å². The lowest BCUT2D eigenvalue weighted by atomic mass is 10.1. The summed E-state index contributed by atoms with van der Waals surface area (Å²) in [5.74, 6) is 0. The second-order valence-corrected chi connectivity index (χ2v) is 12.4. The minimum atomic E-state index is 0.895. The maximum Gasteiger partial charge on any atom is 0.135 e. The monoisotopic (exact) mass is 608 g/mol. The first-order valence-corrected chi connectivity index (χ1v) is 16.3. The number of nitrogens with zero attached hydrogens (tertiary/aromatic N) is 2. The fourth-order valence-corrected chi connectivity index (χ4v) is 7.79. The molecule has 2 aromatic heterocycles. The second-order valence-electron chi connectivity index (χ2n) is 11.4. The normalized spacial score (nSPS) is 11.5. The van der Waals surface area contributed by atoms with Crippen molar-refractivity contribution in [1.29, 1.82) is 0 Å². The van der Waals surface area contributed by atoms with Crippen molar-refractivity contribution in [3.05, 3.63) is 170 Å². The van der Waals surface area contributed by atoms with Crippen molar-refractivity contribution in [1.82, 2.24) is 0 Å². The number of benzene rings is 7. The standard InChI is InChI=1S/C42H28N2OS/c1-4-13-29(14-5-1)43(30-15-6-2-7-16-30)33-23-25-35-36-20-12-21-38(42(36)46-41(35)28-33)44(31-17-8-3-9-18-31)32-24-26-40-37(27-32)34-19-10-11-22-39(34)45-40/h1-28H. The zero-order valence-corrected chi connectivity index (χ0v) is 25.7. The van der Waals surface area contributed by atoms with Crippen LogP contribution in [0, 0.1) is 0 Å². The molecule has 0 aliphatic heterocycles. The van der Waals surface area contributed by atoms with E-state index in [1.54, 1.807) is 0 Å². The van der Waals surface area contributed by atoms with Gasteiger partial charge in [-0.2, -0.15) is 0 Å². The van der Waals surface area contributed by atoms with E-state index in [1.165, 1.54) is 20.2 Å². The van der Waals surface area contributed by atoms with E-state index >= 15 is 0 Å². The fraction of sp³-hybridized carbons (Fsp3) is 0. The maximum absolute atomic E-state index is 6.18. The van der Waals surface area contributed by atoms with Crippen LogP contribution in [0.4, 0.5) is 34.1 Å². The zero-order chi connectivity index (χ0) is 30.5. The topological polar surface area (TPSA) is 19.6 Å². The Labute approximate surface area is 270 Å². The molecule has 3 nitrogen and oxygen atoms in total. The lowest BCUT2D eigenvalue weighted by Crippen LogP contribution is -2.09. The molecule has 9 rings (SSSR count). The van der Waals surface area contributed by atoms with Gasteiger partial charge in [0, 0.05) is 54.7 Å². The van der Waals surface area contributed by atoms with Crippen molar-refractivity contribution < 1.29 is 4.42 Å². The summed E-state index contributed by atoms with van der Waals surface area (Å²) in [5.41, 5.74) is 8.56. The molecule has 0 aliphatic carbocycles. The number of rotatable bonds is 6. The molecule has 7 aromatic carbocycles. The van der Waals surface area contributed by atoms with Gasteiger partial charge in [0.25, 0.3) is 0 Å². The smallest absolute Gasteiger partial charge is 0.135 e. The van der Waals surface area contributed by atoms with Crippen LogP contribution >= 0.6 is 11.3 Å². The Hall–Kier alpha value is -5.84. The lowest BCUT2D eigenvalue weighted by molar-refractivity contribution is 0.669. The van der Waals surface area contributed by atoms with Gasteiger partial charge in [-0.15, -0.1) is 11.3 Å². The molecule has 218 valence electrons. The molecule has 0 saturated heterocycles. The molecular formula is C42H28N2OS. The first-order valence-electron chi connectivity index (χ1n) is 15.4. The summed E-state index contributed by atoms with van der Waals surface area (Å²) in [4.78, 5) is 4.70. The first-order chi connectivity index (χ1) is 22.8. The SMILES string of the molecule is c1ccc(N(c2ccccc2)c2ccc3c(c2)sc2c(N(c4ccccc4)c4ccc5oc6ccccc6c5c4)cccc23)cc1. The van der Waals surface area contributed by atoms with Crippen molar-refractivity contribution >= 4 is 87.6 Å². The van der Waals surface area contributed by atoms with E-state index in [0.29, 0.717) is 0 Å². The minimum Gasteiger partial charge on any atom is -0.456 e. The Morgan fingerprint density at radius 3 is 1.65 bits per heavy atom. The number of thiophene rings is 1. The summed E-state index contributed by atoms with van der Waals surface area (Å²) < 4.78 is 8.69. The van der Waals surface area contributed by atoms with Gasteiger partial charge in [0.15, 0.2) is 0 Å². The van der Waals surface area contributed by atoms with Gasteiger partial charge >= 0.3 is 0 Å². The summed E-state index contributed by atoms with van der Waals surface area (Å²) in [6.07, 6.45) is 0. The lowest BCUT2D eigenvalue weighted by Gasteiger charge is -2.26. The van der Waals surface area contributed by atoms with Crippen molar-refractivity contribution in [2.75, 3.05) is 9.80 Å². The molecule has 0 unspecified atom stereocenters. The Balaban J connectivity index is 1.24. The Morgan fingerprint density at radius 1 is 0.370 bits per heavy atom. The van der Waals surface area contributed by atoms with Crippen molar-refractivity contribution in [3.63, 3.8) is 0 Å². The Bertz CT molecular complexity index is 2440. The number of hydrogen-bond donors (Lipinski definition) is 0. The molecule has 0 bridgehead atoms. The highest BCUT2D eigenvalue weighted by Crippen LogP contribution is 2.47. The van der Waals surface area contributed by atoms with Crippen LogP contribution in [0.2, 0.25) is 0 Å². The van der Waals surface area contributed by atoms with E-state index in [4.69, 9.17) is 4.42 Å². The molecule has 0 radical (unpaired) electrons.